The fourth-order valence-electron chi connectivity index (χ4n) is 1.36. The number of thioether (sulfide) groups is 1. The van der Waals surface area contributed by atoms with Gasteiger partial charge in [-0.15, -0.1) is 0 Å². The van der Waals surface area contributed by atoms with Crippen molar-refractivity contribution >= 4 is 24.4 Å². The number of rotatable bonds is 7. The van der Waals surface area contributed by atoms with Crippen LogP contribution >= 0.6 is 24.4 Å². The Labute approximate surface area is 100 Å². The molecule has 0 aromatic rings. The van der Waals surface area contributed by atoms with E-state index in [4.69, 9.17) is 0 Å². The molecule has 0 aliphatic carbocycles. The van der Waals surface area contributed by atoms with Crippen LogP contribution in [0.25, 0.3) is 0 Å². The summed E-state index contributed by atoms with van der Waals surface area (Å²) in [5.74, 6) is 2.25. The molecule has 86 valence electrons. The standard InChI is InChI=1S/C12H26S2/c1-6-7-12(4,5)14-9-8-11(2,3)10-13/h13H,6-10H2,1-5H3. The van der Waals surface area contributed by atoms with Gasteiger partial charge in [-0.3, -0.25) is 0 Å². The van der Waals surface area contributed by atoms with E-state index in [2.05, 4.69) is 59.0 Å². The minimum atomic E-state index is 0.401. The Hall–Kier alpha value is 0.700. The van der Waals surface area contributed by atoms with Crippen molar-refractivity contribution in [2.45, 2.75) is 58.6 Å². The van der Waals surface area contributed by atoms with Crippen molar-refractivity contribution in [2.75, 3.05) is 11.5 Å². The molecule has 0 spiro atoms. The highest BCUT2D eigenvalue weighted by molar-refractivity contribution is 8.00. The molecule has 2 heteroatoms. The van der Waals surface area contributed by atoms with E-state index in [0.717, 1.165) is 5.75 Å². The van der Waals surface area contributed by atoms with Crippen LogP contribution in [0.15, 0.2) is 0 Å². The Bertz CT molecular complexity index is 150. The highest BCUT2D eigenvalue weighted by atomic mass is 32.2. The zero-order valence-corrected chi connectivity index (χ0v) is 12.1. The van der Waals surface area contributed by atoms with Gasteiger partial charge in [0.05, 0.1) is 0 Å². The molecule has 0 nitrogen and oxygen atoms in total. The molecule has 0 aliphatic heterocycles. The molecule has 0 bridgehead atoms. The van der Waals surface area contributed by atoms with Crippen molar-refractivity contribution in [3.05, 3.63) is 0 Å². The minimum Gasteiger partial charge on any atom is -0.179 e. The first-order chi connectivity index (χ1) is 6.33. The Kier molecular flexibility index (Phi) is 6.63. The molecule has 0 rings (SSSR count). The van der Waals surface area contributed by atoms with Crippen molar-refractivity contribution in [3.63, 3.8) is 0 Å². The van der Waals surface area contributed by atoms with E-state index in [0.29, 0.717) is 10.2 Å². The summed E-state index contributed by atoms with van der Waals surface area (Å²) >= 11 is 6.49. The first-order valence-corrected chi connectivity index (χ1v) is 7.19. The maximum Gasteiger partial charge on any atom is 0.0103 e. The lowest BCUT2D eigenvalue weighted by Crippen LogP contribution is -2.19. The van der Waals surface area contributed by atoms with Crippen molar-refractivity contribution < 1.29 is 0 Å². The second-order valence-electron chi connectivity index (χ2n) is 5.43. The lowest BCUT2D eigenvalue weighted by Gasteiger charge is -2.27. The quantitative estimate of drug-likeness (QED) is 0.626. The topological polar surface area (TPSA) is 0 Å². The van der Waals surface area contributed by atoms with Crippen molar-refractivity contribution in [3.8, 4) is 0 Å². The third kappa shape index (κ3) is 7.05. The van der Waals surface area contributed by atoms with E-state index in [-0.39, 0.29) is 0 Å². The van der Waals surface area contributed by atoms with Gasteiger partial charge >= 0.3 is 0 Å². The minimum absolute atomic E-state index is 0.401. The van der Waals surface area contributed by atoms with E-state index in [1.165, 1.54) is 25.0 Å². The van der Waals surface area contributed by atoms with Crippen LogP contribution in [0.4, 0.5) is 0 Å². The van der Waals surface area contributed by atoms with Crippen LogP contribution in [0, 0.1) is 5.41 Å². The molecule has 0 radical (unpaired) electrons. The van der Waals surface area contributed by atoms with Gasteiger partial charge < -0.3 is 0 Å². The summed E-state index contributed by atoms with van der Waals surface area (Å²) in [5.41, 5.74) is 0.401. The number of hydrogen-bond acceptors (Lipinski definition) is 2. The summed E-state index contributed by atoms with van der Waals surface area (Å²) in [6, 6.07) is 0. The molecular weight excluding hydrogens is 208 g/mol. The van der Waals surface area contributed by atoms with E-state index in [1.54, 1.807) is 0 Å². The van der Waals surface area contributed by atoms with Gasteiger partial charge in [0.2, 0.25) is 0 Å². The van der Waals surface area contributed by atoms with Crippen LogP contribution in [-0.4, -0.2) is 16.3 Å². The van der Waals surface area contributed by atoms with E-state index < -0.39 is 0 Å². The van der Waals surface area contributed by atoms with Gasteiger partial charge in [-0.25, -0.2) is 0 Å². The summed E-state index contributed by atoms with van der Waals surface area (Å²) in [4.78, 5) is 0. The smallest absolute Gasteiger partial charge is 0.0103 e. The van der Waals surface area contributed by atoms with Gasteiger partial charge in [-0.1, -0.05) is 41.0 Å². The van der Waals surface area contributed by atoms with Crippen LogP contribution in [0.2, 0.25) is 0 Å². The highest BCUT2D eigenvalue weighted by Crippen LogP contribution is 2.33. The average Bonchev–Trinajstić information content (AvgIpc) is 2.03. The maximum absolute atomic E-state index is 4.38. The zero-order valence-electron chi connectivity index (χ0n) is 10.4. The summed E-state index contributed by atoms with van der Waals surface area (Å²) < 4.78 is 0.460. The van der Waals surface area contributed by atoms with Gasteiger partial charge in [-0.05, 0) is 29.8 Å². The molecule has 0 unspecified atom stereocenters. The third-order valence-corrected chi connectivity index (χ3v) is 4.80. The predicted octanol–water partition coefficient (Wildman–Crippen LogP) is 4.64. The van der Waals surface area contributed by atoms with Gasteiger partial charge in [0.1, 0.15) is 0 Å². The summed E-state index contributed by atoms with van der Waals surface area (Å²) in [6.45, 7) is 11.6. The van der Waals surface area contributed by atoms with Crippen LogP contribution in [0.1, 0.15) is 53.9 Å². The number of hydrogen-bond donors (Lipinski definition) is 1. The van der Waals surface area contributed by atoms with Crippen molar-refractivity contribution in [2.24, 2.45) is 5.41 Å². The predicted molar refractivity (Wildman–Crippen MR) is 73.7 cm³/mol. The van der Waals surface area contributed by atoms with Gasteiger partial charge in [-0.2, -0.15) is 24.4 Å². The SMILES string of the molecule is CCCC(C)(C)SCCC(C)(C)CS. The molecule has 0 aliphatic rings. The molecule has 0 atom stereocenters. The third-order valence-electron chi connectivity index (χ3n) is 2.55. The molecule has 0 fully saturated rings. The van der Waals surface area contributed by atoms with E-state index >= 15 is 0 Å². The molecule has 0 N–H and O–H groups in total. The Balaban J connectivity index is 3.73. The Morgan fingerprint density at radius 1 is 1.07 bits per heavy atom. The first-order valence-electron chi connectivity index (χ1n) is 5.58. The molecule has 0 aromatic heterocycles. The lowest BCUT2D eigenvalue weighted by atomic mass is 9.93. The van der Waals surface area contributed by atoms with Gasteiger partial charge in [0, 0.05) is 4.75 Å². The Morgan fingerprint density at radius 3 is 2.07 bits per heavy atom. The van der Waals surface area contributed by atoms with Crippen LogP contribution < -0.4 is 0 Å². The van der Waals surface area contributed by atoms with Crippen molar-refractivity contribution in [1.82, 2.24) is 0 Å². The summed E-state index contributed by atoms with van der Waals surface area (Å²) in [7, 11) is 0. The van der Waals surface area contributed by atoms with Crippen LogP contribution in [0.3, 0.4) is 0 Å². The van der Waals surface area contributed by atoms with E-state index in [9.17, 15) is 0 Å². The monoisotopic (exact) mass is 234 g/mol. The first kappa shape index (κ1) is 14.7. The summed E-state index contributed by atoms with van der Waals surface area (Å²) in [5, 5.41) is 0. The van der Waals surface area contributed by atoms with Crippen LogP contribution in [0.5, 0.6) is 0 Å². The van der Waals surface area contributed by atoms with Gasteiger partial charge in [0.15, 0.2) is 0 Å². The average molecular weight is 234 g/mol. The summed E-state index contributed by atoms with van der Waals surface area (Å²) in [6.07, 6.45) is 3.88. The highest BCUT2D eigenvalue weighted by Gasteiger charge is 2.20. The fourth-order valence-corrected chi connectivity index (χ4v) is 3.07. The maximum atomic E-state index is 4.38. The van der Waals surface area contributed by atoms with Crippen LogP contribution in [-0.2, 0) is 0 Å². The second kappa shape index (κ2) is 6.32. The zero-order chi connectivity index (χ0) is 11.2. The molecule has 0 amide bonds. The fraction of sp³-hybridized carbons (Fsp3) is 1.00. The molecule has 0 saturated carbocycles. The van der Waals surface area contributed by atoms with E-state index in [1.807, 2.05) is 0 Å². The molecule has 0 saturated heterocycles. The molecular formula is C12H26S2. The Morgan fingerprint density at radius 2 is 1.64 bits per heavy atom. The largest absolute Gasteiger partial charge is 0.179 e. The molecule has 0 aromatic carbocycles. The second-order valence-corrected chi connectivity index (χ2v) is 7.55. The van der Waals surface area contributed by atoms with Crippen molar-refractivity contribution in [1.29, 1.82) is 0 Å². The normalized spacial score (nSPS) is 13.3. The van der Waals surface area contributed by atoms with Gasteiger partial charge in [0.25, 0.3) is 0 Å². The lowest BCUT2D eigenvalue weighted by molar-refractivity contribution is 0.412. The molecule has 14 heavy (non-hydrogen) atoms. The number of thiol groups is 1. The molecule has 0 heterocycles.